The van der Waals surface area contributed by atoms with Crippen LogP contribution in [-0.4, -0.2) is 44.2 Å². The van der Waals surface area contributed by atoms with Crippen molar-refractivity contribution < 1.29 is 0 Å². The highest BCUT2D eigenvalue weighted by Gasteiger charge is 2.28. The number of nitrogens with one attached hydrogen (secondary N) is 1. The van der Waals surface area contributed by atoms with E-state index in [1.165, 1.54) is 24.3 Å². The molecule has 1 aromatic rings. The molecule has 2 heterocycles. The Morgan fingerprint density at radius 2 is 2.12 bits per heavy atom. The molecule has 0 spiro atoms. The third-order valence-corrected chi connectivity index (χ3v) is 3.68. The zero-order valence-electron chi connectivity index (χ0n) is 9.82. The molecular weight excluding hydrogens is 198 g/mol. The van der Waals surface area contributed by atoms with Gasteiger partial charge in [-0.2, -0.15) is 0 Å². The minimum absolute atomic E-state index is 0.627. The summed E-state index contributed by atoms with van der Waals surface area (Å²) in [5.41, 5.74) is 2.88. The number of benzene rings is 1. The van der Waals surface area contributed by atoms with Gasteiger partial charge in [-0.1, -0.05) is 18.2 Å². The SMILES string of the molecule is CN1CCN2c3ccccc3CNCC2C1. The zero-order valence-corrected chi connectivity index (χ0v) is 9.82. The van der Waals surface area contributed by atoms with E-state index in [1.807, 2.05) is 0 Å². The molecule has 0 saturated carbocycles. The van der Waals surface area contributed by atoms with Crippen LogP contribution in [0.1, 0.15) is 5.56 Å². The molecule has 0 bridgehead atoms. The second-order valence-corrected chi connectivity index (χ2v) is 4.87. The molecule has 3 nitrogen and oxygen atoms in total. The number of anilines is 1. The summed E-state index contributed by atoms with van der Waals surface area (Å²) in [6, 6.07) is 9.42. The summed E-state index contributed by atoms with van der Waals surface area (Å²) in [6.45, 7) is 5.60. The van der Waals surface area contributed by atoms with Crippen molar-refractivity contribution in [2.45, 2.75) is 12.6 Å². The van der Waals surface area contributed by atoms with Gasteiger partial charge in [0.2, 0.25) is 0 Å². The molecule has 0 amide bonds. The van der Waals surface area contributed by atoms with Crippen molar-refractivity contribution in [3.05, 3.63) is 29.8 Å². The number of likely N-dealkylation sites (N-methyl/N-ethyl adjacent to an activating group) is 1. The molecule has 2 aliphatic heterocycles. The van der Waals surface area contributed by atoms with E-state index in [9.17, 15) is 0 Å². The Morgan fingerprint density at radius 3 is 3.06 bits per heavy atom. The first-order valence-electron chi connectivity index (χ1n) is 6.08. The third-order valence-electron chi connectivity index (χ3n) is 3.68. The third kappa shape index (κ3) is 1.70. The van der Waals surface area contributed by atoms with Crippen LogP contribution in [0.4, 0.5) is 5.69 Å². The van der Waals surface area contributed by atoms with Gasteiger partial charge in [-0.05, 0) is 18.7 Å². The Labute approximate surface area is 97.0 Å². The van der Waals surface area contributed by atoms with Crippen LogP contribution in [0.2, 0.25) is 0 Å². The first-order chi connectivity index (χ1) is 7.84. The van der Waals surface area contributed by atoms with Crippen molar-refractivity contribution in [3.63, 3.8) is 0 Å². The van der Waals surface area contributed by atoms with Gasteiger partial charge in [-0.15, -0.1) is 0 Å². The number of fused-ring (bicyclic) bond motifs is 3. The fraction of sp³-hybridized carbons (Fsp3) is 0.538. The fourth-order valence-corrected chi connectivity index (χ4v) is 2.82. The van der Waals surface area contributed by atoms with Crippen LogP contribution in [0.25, 0.3) is 0 Å². The van der Waals surface area contributed by atoms with E-state index < -0.39 is 0 Å². The van der Waals surface area contributed by atoms with Gasteiger partial charge >= 0.3 is 0 Å². The topological polar surface area (TPSA) is 18.5 Å². The average Bonchev–Trinajstić information content (AvgIpc) is 2.47. The number of rotatable bonds is 0. The molecule has 3 heteroatoms. The lowest BCUT2D eigenvalue weighted by molar-refractivity contribution is 0.265. The van der Waals surface area contributed by atoms with Crippen LogP contribution in [-0.2, 0) is 6.54 Å². The molecule has 86 valence electrons. The van der Waals surface area contributed by atoms with E-state index in [4.69, 9.17) is 0 Å². The second-order valence-electron chi connectivity index (χ2n) is 4.87. The first-order valence-corrected chi connectivity index (χ1v) is 6.08. The highest BCUT2D eigenvalue weighted by Crippen LogP contribution is 2.26. The van der Waals surface area contributed by atoms with Gasteiger partial charge in [0.1, 0.15) is 0 Å². The van der Waals surface area contributed by atoms with Crippen LogP contribution >= 0.6 is 0 Å². The summed E-state index contributed by atoms with van der Waals surface area (Å²) in [6.07, 6.45) is 0. The summed E-state index contributed by atoms with van der Waals surface area (Å²) in [4.78, 5) is 5.01. The lowest BCUT2D eigenvalue weighted by Gasteiger charge is -2.41. The van der Waals surface area contributed by atoms with Crippen LogP contribution in [0.5, 0.6) is 0 Å². The maximum Gasteiger partial charge on any atom is 0.0542 e. The Kier molecular flexibility index (Phi) is 2.58. The largest absolute Gasteiger partial charge is 0.364 e. The van der Waals surface area contributed by atoms with Crippen LogP contribution in [0.15, 0.2) is 24.3 Å². The minimum Gasteiger partial charge on any atom is -0.364 e. The monoisotopic (exact) mass is 217 g/mol. The quantitative estimate of drug-likeness (QED) is 0.697. The van der Waals surface area contributed by atoms with E-state index in [1.54, 1.807) is 0 Å². The molecule has 1 fully saturated rings. The molecule has 1 saturated heterocycles. The van der Waals surface area contributed by atoms with Crippen LogP contribution < -0.4 is 10.2 Å². The summed E-state index contributed by atoms with van der Waals surface area (Å²) in [5.74, 6) is 0. The molecule has 1 atom stereocenters. The lowest BCUT2D eigenvalue weighted by Crippen LogP contribution is -2.54. The van der Waals surface area contributed by atoms with E-state index in [0.29, 0.717) is 6.04 Å². The highest BCUT2D eigenvalue weighted by molar-refractivity contribution is 5.55. The summed E-state index contributed by atoms with van der Waals surface area (Å²) >= 11 is 0. The van der Waals surface area contributed by atoms with Crippen molar-refractivity contribution in [3.8, 4) is 0 Å². The lowest BCUT2D eigenvalue weighted by atomic mass is 10.1. The summed E-state index contributed by atoms with van der Waals surface area (Å²) in [7, 11) is 2.22. The van der Waals surface area contributed by atoms with Crippen molar-refractivity contribution in [1.82, 2.24) is 10.2 Å². The van der Waals surface area contributed by atoms with Gasteiger partial charge in [-0.25, -0.2) is 0 Å². The number of nitrogens with zero attached hydrogens (tertiary/aromatic N) is 2. The summed E-state index contributed by atoms with van der Waals surface area (Å²) < 4.78 is 0. The molecule has 1 unspecified atom stereocenters. The Morgan fingerprint density at radius 1 is 1.25 bits per heavy atom. The van der Waals surface area contributed by atoms with Gasteiger partial charge in [0.05, 0.1) is 6.04 Å². The molecular formula is C13H19N3. The van der Waals surface area contributed by atoms with Crippen molar-refractivity contribution in [1.29, 1.82) is 0 Å². The Balaban J connectivity index is 1.95. The maximum atomic E-state index is 3.55. The molecule has 3 rings (SSSR count). The van der Waals surface area contributed by atoms with Crippen molar-refractivity contribution in [2.75, 3.05) is 38.1 Å². The number of hydrogen-bond donors (Lipinski definition) is 1. The predicted octanol–water partition coefficient (Wildman–Crippen LogP) is 0.910. The molecule has 1 aromatic carbocycles. The van der Waals surface area contributed by atoms with Gasteiger partial charge in [0, 0.05) is 38.4 Å². The average molecular weight is 217 g/mol. The minimum atomic E-state index is 0.627. The number of hydrogen-bond acceptors (Lipinski definition) is 3. The Bertz CT molecular complexity index is 377. The van der Waals surface area contributed by atoms with E-state index in [-0.39, 0.29) is 0 Å². The maximum absolute atomic E-state index is 3.55. The molecule has 2 aliphatic rings. The normalized spacial score (nSPS) is 25.8. The zero-order chi connectivity index (χ0) is 11.0. The molecule has 0 radical (unpaired) electrons. The van der Waals surface area contributed by atoms with Gasteiger partial charge in [-0.3, -0.25) is 0 Å². The van der Waals surface area contributed by atoms with Crippen molar-refractivity contribution >= 4 is 5.69 Å². The van der Waals surface area contributed by atoms with Gasteiger partial charge in [0.15, 0.2) is 0 Å². The molecule has 0 aliphatic carbocycles. The van der Waals surface area contributed by atoms with E-state index in [2.05, 4.69) is 46.4 Å². The standard InChI is InChI=1S/C13H19N3/c1-15-6-7-16-12(10-15)9-14-8-11-4-2-3-5-13(11)16/h2-5,12,14H,6-10H2,1H3. The second kappa shape index (κ2) is 4.07. The molecule has 0 aromatic heterocycles. The Hall–Kier alpha value is -1.06. The fourth-order valence-electron chi connectivity index (χ4n) is 2.82. The van der Waals surface area contributed by atoms with E-state index in [0.717, 1.165) is 19.6 Å². The first kappa shape index (κ1) is 10.1. The van der Waals surface area contributed by atoms with Crippen molar-refractivity contribution in [2.24, 2.45) is 0 Å². The molecule has 1 N–H and O–H groups in total. The summed E-state index contributed by atoms with van der Waals surface area (Å²) in [5, 5.41) is 3.55. The molecule has 16 heavy (non-hydrogen) atoms. The van der Waals surface area contributed by atoms with Gasteiger partial charge in [0.25, 0.3) is 0 Å². The number of piperazine rings is 1. The number of para-hydroxylation sites is 1. The highest BCUT2D eigenvalue weighted by atomic mass is 15.3. The van der Waals surface area contributed by atoms with Gasteiger partial charge < -0.3 is 15.1 Å². The van der Waals surface area contributed by atoms with Crippen LogP contribution in [0, 0.1) is 0 Å². The smallest absolute Gasteiger partial charge is 0.0542 e. The van der Waals surface area contributed by atoms with Crippen LogP contribution in [0.3, 0.4) is 0 Å². The van der Waals surface area contributed by atoms with E-state index >= 15 is 0 Å². The predicted molar refractivity (Wildman–Crippen MR) is 66.8 cm³/mol.